The second kappa shape index (κ2) is 6.05. The number of nitrogens with zero attached hydrogens (tertiary/aromatic N) is 1. The van der Waals surface area contributed by atoms with Crippen LogP contribution in [0.1, 0.15) is 16.7 Å². The Morgan fingerprint density at radius 2 is 1.63 bits per heavy atom. The van der Waals surface area contributed by atoms with Crippen LogP contribution in [-0.2, 0) is 6.54 Å². The van der Waals surface area contributed by atoms with E-state index in [0.717, 1.165) is 11.3 Å². The van der Waals surface area contributed by atoms with Gasteiger partial charge in [0, 0.05) is 5.69 Å². The Bertz CT molecular complexity index is 588. The van der Waals surface area contributed by atoms with Crippen molar-refractivity contribution >= 4 is 11.6 Å². The fraction of sp³-hybridized carbons (Fsp3) is 0.188. The Hall–Kier alpha value is -2.29. The van der Waals surface area contributed by atoms with Crippen LogP contribution < -0.4 is 11.1 Å². The van der Waals surface area contributed by atoms with E-state index in [0.29, 0.717) is 12.5 Å². The minimum Gasteiger partial charge on any atom is -0.370 e. The molecule has 3 nitrogen and oxygen atoms in total. The molecular weight excluding hydrogens is 234 g/mol. The predicted molar refractivity (Wildman–Crippen MR) is 81.3 cm³/mol. The van der Waals surface area contributed by atoms with E-state index in [2.05, 4.69) is 29.4 Å². The molecule has 2 aromatic carbocycles. The molecule has 0 fully saturated rings. The molecule has 19 heavy (non-hydrogen) atoms. The summed E-state index contributed by atoms with van der Waals surface area (Å²) in [6, 6.07) is 16.2. The summed E-state index contributed by atoms with van der Waals surface area (Å²) in [4.78, 5) is 4.37. The van der Waals surface area contributed by atoms with Crippen molar-refractivity contribution in [3.63, 3.8) is 0 Å². The lowest BCUT2D eigenvalue weighted by molar-refractivity contribution is 1.04. The molecule has 0 unspecified atom stereocenters. The van der Waals surface area contributed by atoms with Gasteiger partial charge >= 0.3 is 0 Å². The molecule has 0 atom stereocenters. The van der Waals surface area contributed by atoms with Gasteiger partial charge in [-0.1, -0.05) is 42.5 Å². The molecule has 3 N–H and O–H groups in total. The normalized spacial score (nSPS) is 11.4. The molecule has 0 aromatic heterocycles. The number of benzene rings is 2. The molecule has 0 aliphatic heterocycles. The summed E-state index contributed by atoms with van der Waals surface area (Å²) in [5.41, 5.74) is 10.5. The zero-order valence-electron chi connectivity index (χ0n) is 11.4. The predicted octanol–water partition coefficient (Wildman–Crippen LogP) is 3.23. The summed E-state index contributed by atoms with van der Waals surface area (Å²) in [6.07, 6.45) is 0. The van der Waals surface area contributed by atoms with Crippen LogP contribution in [0.5, 0.6) is 0 Å². The average Bonchev–Trinajstić information content (AvgIpc) is 2.40. The molecule has 0 radical (unpaired) electrons. The highest BCUT2D eigenvalue weighted by molar-refractivity contribution is 5.92. The van der Waals surface area contributed by atoms with Crippen molar-refractivity contribution in [1.82, 2.24) is 0 Å². The van der Waals surface area contributed by atoms with Crippen LogP contribution in [0.25, 0.3) is 0 Å². The summed E-state index contributed by atoms with van der Waals surface area (Å²) in [6.45, 7) is 4.71. The zero-order chi connectivity index (χ0) is 13.7. The van der Waals surface area contributed by atoms with Crippen LogP contribution in [0.2, 0.25) is 0 Å². The van der Waals surface area contributed by atoms with Crippen molar-refractivity contribution in [2.24, 2.45) is 10.7 Å². The summed E-state index contributed by atoms with van der Waals surface area (Å²) in [5.74, 6) is 0.442. The van der Waals surface area contributed by atoms with Crippen molar-refractivity contribution in [2.45, 2.75) is 20.4 Å². The van der Waals surface area contributed by atoms with Crippen molar-refractivity contribution in [3.05, 3.63) is 65.2 Å². The molecule has 98 valence electrons. The number of nitrogens with one attached hydrogen (secondary N) is 1. The maximum atomic E-state index is 5.91. The number of rotatable bonds is 3. The molecule has 0 bridgehead atoms. The summed E-state index contributed by atoms with van der Waals surface area (Å²) in [7, 11) is 0. The maximum absolute atomic E-state index is 5.91. The number of nitrogens with two attached hydrogens (primary N) is 1. The van der Waals surface area contributed by atoms with Gasteiger partial charge < -0.3 is 11.1 Å². The summed E-state index contributed by atoms with van der Waals surface area (Å²) < 4.78 is 0. The molecular formula is C16H19N3. The van der Waals surface area contributed by atoms with Crippen molar-refractivity contribution in [3.8, 4) is 0 Å². The van der Waals surface area contributed by atoms with Crippen LogP contribution in [-0.4, -0.2) is 5.96 Å². The highest BCUT2D eigenvalue weighted by Gasteiger charge is 1.99. The molecule has 0 heterocycles. The average molecular weight is 253 g/mol. The van der Waals surface area contributed by atoms with Gasteiger partial charge in [0.2, 0.25) is 0 Å². The van der Waals surface area contributed by atoms with E-state index in [1.807, 2.05) is 43.3 Å². The van der Waals surface area contributed by atoms with E-state index < -0.39 is 0 Å². The topological polar surface area (TPSA) is 50.4 Å². The zero-order valence-corrected chi connectivity index (χ0v) is 11.4. The number of anilines is 1. The molecule has 2 aromatic rings. The van der Waals surface area contributed by atoms with Gasteiger partial charge in [0.1, 0.15) is 0 Å². The highest BCUT2D eigenvalue weighted by atomic mass is 15.1. The minimum absolute atomic E-state index is 0.442. The number of aryl methyl sites for hydroxylation is 2. The molecule has 3 heteroatoms. The standard InChI is InChI=1S/C16H19N3/c1-12-7-3-5-9-14(12)11-18-16(17)19-15-10-6-4-8-13(15)2/h3-10H,11H2,1-2H3,(H3,17,18,19). The van der Waals surface area contributed by atoms with Crippen LogP contribution in [0.3, 0.4) is 0 Å². The SMILES string of the molecule is Cc1ccccc1CN=C(N)Nc1ccccc1C. The molecule has 2 rings (SSSR count). The van der Waals surface area contributed by atoms with E-state index in [9.17, 15) is 0 Å². The van der Waals surface area contributed by atoms with Gasteiger partial charge in [-0.3, -0.25) is 0 Å². The van der Waals surface area contributed by atoms with Gasteiger partial charge in [-0.25, -0.2) is 4.99 Å². The quantitative estimate of drug-likeness (QED) is 0.651. The van der Waals surface area contributed by atoms with Gasteiger partial charge in [0.25, 0.3) is 0 Å². The van der Waals surface area contributed by atoms with Crippen molar-refractivity contribution in [2.75, 3.05) is 5.32 Å². The van der Waals surface area contributed by atoms with E-state index in [1.54, 1.807) is 0 Å². The van der Waals surface area contributed by atoms with Gasteiger partial charge in [0.15, 0.2) is 5.96 Å². The molecule has 0 amide bonds. The lowest BCUT2D eigenvalue weighted by atomic mass is 10.1. The first-order chi connectivity index (χ1) is 9.16. The second-order valence-electron chi connectivity index (χ2n) is 4.57. The third kappa shape index (κ3) is 3.58. The van der Waals surface area contributed by atoms with E-state index in [1.165, 1.54) is 11.1 Å². The molecule has 0 saturated heterocycles. The van der Waals surface area contributed by atoms with Crippen molar-refractivity contribution in [1.29, 1.82) is 0 Å². The van der Waals surface area contributed by atoms with E-state index in [-0.39, 0.29) is 0 Å². The Kier molecular flexibility index (Phi) is 4.18. The first-order valence-corrected chi connectivity index (χ1v) is 6.34. The number of hydrogen-bond donors (Lipinski definition) is 2. The first-order valence-electron chi connectivity index (χ1n) is 6.34. The highest BCUT2D eigenvalue weighted by Crippen LogP contribution is 2.13. The third-order valence-corrected chi connectivity index (χ3v) is 3.09. The molecule has 0 aliphatic carbocycles. The number of guanidine groups is 1. The maximum Gasteiger partial charge on any atom is 0.193 e. The fourth-order valence-electron chi connectivity index (χ4n) is 1.85. The largest absolute Gasteiger partial charge is 0.370 e. The number of aliphatic imine (C=N–C) groups is 1. The molecule has 0 aliphatic rings. The number of hydrogen-bond acceptors (Lipinski definition) is 1. The fourth-order valence-corrected chi connectivity index (χ4v) is 1.85. The monoisotopic (exact) mass is 253 g/mol. The Morgan fingerprint density at radius 3 is 2.32 bits per heavy atom. The van der Waals surface area contributed by atoms with Crippen LogP contribution in [0.4, 0.5) is 5.69 Å². The summed E-state index contributed by atoms with van der Waals surface area (Å²) >= 11 is 0. The Labute approximate surface area is 114 Å². The van der Waals surface area contributed by atoms with Gasteiger partial charge in [-0.15, -0.1) is 0 Å². The van der Waals surface area contributed by atoms with E-state index >= 15 is 0 Å². The lowest BCUT2D eigenvalue weighted by Gasteiger charge is -2.08. The smallest absolute Gasteiger partial charge is 0.193 e. The van der Waals surface area contributed by atoms with Crippen LogP contribution in [0.15, 0.2) is 53.5 Å². The van der Waals surface area contributed by atoms with Gasteiger partial charge in [-0.2, -0.15) is 0 Å². The Balaban J connectivity index is 2.05. The van der Waals surface area contributed by atoms with Crippen molar-refractivity contribution < 1.29 is 0 Å². The van der Waals surface area contributed by atoms with Crippen LogP contribution in [0, 0.1) is 13.8 Å². The first kappa shape index (κ1) is 13.1. The number of para-hydroxylation sites is 1. The van der Waals surface area contributed by atoms with E-state index in [4.69, 9.17) is 5.73 Å². The Morgan fingerprint density at radius 1 is 1.00 bits per heavy atom. The van der Waals surface area contributed by atoms with Gasteiger partial charge in [-0.05, 0) is 36.6 Å². The van der Waals surface area contributed by atoms with Gasteiger partial charge in [0.05, 0.1) is 6.54 Å². The molecule has 0 saturated carbocycles. The second-order valence-corrected chi connectivity index (χ2v) is 4.57. The van der Waals surface area contributed by atoms with Crippen LogP contribution >= 0.6 is 0 Å². The third-order valence-electron chi connectivity index (χ3n) is 3.09. The molecule has 0 spiro atoms. The minimum atomic E-state index is 0.442. The summed E-state index contributed by atoms with van der Waals surface area (Å²) in [5, 5.41) is 3.13. The lowest BCUT2D eigenvalue weighted by Crippen LogP contribution is -2.23.